The summed E-state index contributed by atoms with van der Waals surface area (Å²) in [6.45, 7) is 5.75. The highest BCUT2D eigenvalue weighted by Crippen LogP contribution is 2.38. The quantitative estimate of drug-likeness (QED) is 0.716. The molecule has 28 heavy (non-hydrogen) atoms. The Hall–Kier alpha value is -1.46. The van der Waals surface area contributed by atoms with Crippen LogP contribution < -0.4 is 14.9 Å². The minimum atomic E-state index is -4.51. The standard InChI is InChI=1S/C17H23BF3NO5S/c1-15(2)16(3,4)27-18(26-15)13-9-11(22-28(23,24)12-6-7-12)5-8-14(13)25-10-17(19,20)21/h5,8-9,12,22H,6-7,10H2,1-4H3. The maximum Gasteiger partial charge on any atom is 0.498 e. The van der Waals surface area contributed by atoms with E-state index in [0.29, 0.717) is 12.8 Å². The number of hydrogen-bond acceptors (Lipinski definition) is 5. The molecule has 0 bridgehead atoms. The van der Waals surface area contributed by atoms with Crippen molar-refractivity contribution in [2.24, 2.45) is 0 Å². The van der Waals surface area contributed by atoms with E-state index < -0.39 is 46.4 Å². The number of halogens is 3. The zero-order valence-corrected chi connectivity index (χ0v) is 16.9. The van der Waals surface area contributed by atoms with Crippen molar-refractivity contribution in [3.63, 3.8) is 0 Å². The number of hydrogen-bond donors (Lipinski definition) is 1. The van der Waals surface area contributed by atoms with Gasteiger partial charge in [0.05, 0.1) is 16.5 Å². The van der Waals surface area contributed by atoms with Crippen LogP contribution in [0, 0.1) is 0 Å². The molecule has 3 rings (SSSR count). The lowest BCUT2D eigenvalue weighted by atomic mass is 9.78. The molecule has 1 aromatic rings. The molecule has 156 valence electrons. The van der Waals surface area contributed by atoms with Gasteiger partial charge in [0.1, 0.15) is 5.75 Å². The van der Waals surface area contributed by atoms with Gasteiger partial charge in [0.25, 0.3) is 0 Å². The molecular formula is C17H23BF3NO5S. The van der Waals surface area contributed by atoms with E-state index in [1.807, 2.05) is 27.7 Å². The number of benzene rings is 1. The molecule has 0 atom stereocenters. The monoisotopic (exact) mass is 421 g/mol. The maximum atomic E-state index is 12.6. The van der Waals surface area contributed by atoms with E-state index in [1.165, 1.54) is 18.2 Å². The Labute approximate surface area is 162 Å². The Balaban J connectivity index is 1.92. The largest absolute Gasteiger partial charge is 0.498 e. The molecule has 1 heterocycles. The predicted octanol–water partition coefficient (Wildman–Crippen LogP) is 2.83. The summed E-state index contributed by atoms with van der Waals surface area (Å²) in [5.74, 6) is -0.0785. The lowest BCUT2D eigenvalue weighted by molar-refractivity contribution is -0.153. The van der Waals surface area contributed by atoms with Crippen molar-refractivity contribution in [2.45, 2.75) is 63.2 Å². The van der Waals surface area contributed by atoms with E-state index >= 15 is 0 Å². The average molecular weight is 421 g/mol. The molecule has 11 heteroatoms. The highest BCUT2D eigenvalue weighted by Gasteiger charge is 2.52. The molecule has 1 N–H and O–H groups in total. The molecule has 0 amide bonds. The van der Waals surface area contributed by atoms with Gasteiger partial charge in [0.15, 0.2) is 6.61 Å². The molecule has 1 saturated heterocycles. The second-order valence-electron chi connectivity index (χ2n) is 8.09. The lowest BCUT2D eigenvalue weighted by Gasteiger charge is -2.32. The summed E-state index contributed by atoms with van der Waals surface area (Å²) < 4.78 is 81.4. The van der Waals surface area contributed by atoms with Crippen molar-refractivity contribution in [1.29, 1.82) is 0 Å². The topological polar surface area (TPSA) is 73.9 Å². The van der Waals surface area contributed by atoms with Crippen LogP contribution in [0.25, 0.3) is 0 Å². The summed E-state index contributed by atoms with van der Waals surface area (Å²) in [5, 5.41) is -0.436. The summed E-state index contributed by atoms with van der Waals surface area (Å²) in [6, 6.07) is 4.05. The molecule has 0 radical (unpaired) electrons. The second kappa shape index (κ2) is 6.81. The minimum absolute atomic E-state index is 0.0785. The Bertz CT molecular complexity index is 837. The molecule has 0 spiro atoms. The van der Waals surface area contributed by atoms with Crippen LogP contribution in [0.2, 0.25) is 0 Å². The SMILES string of the molecule is CC1(C)OB(c2cc(NS(=O)(=O)C3CC3)ccc2OCC(F)(F)F)OC1(C)C. The molecule has 2 aliphatic rings. The van der Waals surface area contributed by atoms with Crippen LogP contribution in [-0.2, 0) is 19.3 Å². The first-order valence-corrected chi connectivity index (χ1v) is 10.5. The molecule has 0 aromatic heterocycles. The third kappa shape index (κ3) is 4.57. The fourth-order valence-corrected chi connectivity index (χ4v) is 4.06. The van der Waals surface area contributed by atoms with Crippen molar-refractivity contribution in [1.82, 2.24) is 0 Å². The van der Waals surface area contributed by atoms with E-state index in [4.69, 9.17) is 14.0 Å². The molecular weight excluding hydrogens is 398 g/mol. The van der Waals surface area contributed by atoms with Gasteiger partial charge in [0.2, 0.25) is 10.0 Å². The van der Waals surface area contributed by atoms with Crippen LogP contribution in [-0.4, -0.2) is 44.8 Å². The van der Waals surface area contributed by atoms with E-state index in [1.54, 1.807) is 0 Å². The molecule has 1 saturated carbocycles. The first-order valence-electron chi connectivity index (χ1n) is 8.91. The highest BCUT2D eigenvalue weighted by molar-refractivity contribution is 7.93. The number of nitrogens with one attached hydrogen (secondary N) is 1. The smallest absolute Gasteiger partial charge is 0.484 e. The van der Waals surface area contributed by atoms with Crippen LogP contribution in [0.5, 0.6) is 5.75 Å². The van der Waals surface area contributed by atoms with Gasteiger partial charge in [-0.05, 0) is 58.7 Å². The molecule has 6 nitrogen and oxygen atoms in total. The predicted molar refractivity (Wildman–Crippen MR) is 99.3 cm³/mol. The van der Waals surface area contributed by atoms with Gasteiger partial charge in [0, 0.05) is 11.2 Å². The fraction of sp³-hybridized carbons (Fsp3) is 0.647. The Morgan fingerprint density at radius 3 is 2.25 bits per heavy atom. The number of rotatable bonds is 6. The zero-order chi connectivity index (χ0) is 21.0. The number of anilines is 1. The third-order valence-electron chi connectivity index (χ3n) is 5.13. The van der Waals surface area contributed by atoms with Gasteiger partial charge in [-0.2, -0.15) is 13.2 Å². The maximum absolute atomic E-state index is 12.6. The normalized spacial score (nSPS) is 21.6. The molecule has 1 aliphatic carbocycles. The Morgan fingerprint density at radius 2 is 1.75 bits per heavy atom. The Kier molecular flexibility index (Phi) is 5.17. The summed E-state index contributed by atoms with van der Waals surface area (Å²) in [4.78, 5) is 0. The average Bonchev–Trinajstić information content (AvgIpc) is 3.33. The van der Waals surface area contributed by atoms with Gasteiger partial charge in [-0.15, -0.1) is 0 Å². The minimum Gasteiger partial charge on any atom is -0.484 e. The summed E-state index contributed by atoms with van der Waals surface area (Å²) >= 11 is 0. The lowest BCUT2D eigenvalue weighted by Crippen LogP contribution is -2.41. The van der Waals surface area contributed by atoms with Gasteiger partial charge in [-0.3, -0.25) is 4.72 Å². The van der Waals surface area contributed by atoms with Gasteiger partial charge < -0.3 is 14.0 Å². The van der Waals surface area contributed by atoms with Gasteiger partial charge in [-0.25, -0.2) is 8.42 Å². The third-order valence-corrected chi connectivity index (χ3v) is 7.00. The van der Waals surface area contributed by atoms with Gasteiger partial charge >= 0.3 is 13.3 Å². The summed E-state index contributed by atoms with van der Waals surface area (Å²) in [7, 11) is -4.53. The zero-order valence-electron chi connectivity index (χ0n) is 16.1. The van der Waals surface area contributed by atoms with Crippen LogP contribution in [0.1, 0.15) is 40.5 Å². The van der Waals surface area contributed by atoms with Crippen molar-refractivity contribution >= 4 is 28.3 Å². The van der Waals surface area contributed by atoms with Crippen molar-refractivity contribution in [2.75, 3.05) is 11.3 Å². The van der Waals surface area contributed by atoms with Crippen LogP contribution >= 0.6 is 0 Å². The van der Waals surface area contributed by atoms with Crippen LogP contribution in [0.4, 0.5) is 18.9 Å². The Morgan fingerprint density at radius 1 is 1.18 bits per heavy atom. The molecule has 2 fully saturated rings. The number of alkyl halides is 3. The molecule has 1 aliphatic heterocycles. The highest BCUT2D eigenvalue weighted by atomic mass is 32.2. The van der Waals surface area contributed by atoms with Crippen molar-refractivity contribution in [3.8, 4) is 5.75 Å². The molecule has 1 aromatic carbocycles. The van der Waals surface area contributed by atoms with E-state index in [-0.39, 0.29) is 16.9 Å². The second-order valence-corrected chi connectivity index (χ2v) is 10.1. The number of sulfonamides is 1. The first kappa shape index (κ1) is 21.3. The van der Waals surface area contributed by atoms with Crippen LogP contribution in [0.3, 0.4) is 0 Å². The van der Waals surface area contributed by atoms with Crippen molar-refractivity contribution in [3.05, 3.63) is 18.2 Å². The van der Waals surface area contributed by atoms with Crippen LogP contribution in [0.15, 0.2) is 18.2 Å². The first-order chi connectivity index (χ1) is 12.7. The summed E-state index contributed by atoms with van der Waals surface area (Å²) in [6.07, 6.45) is -3.34. The van der Waals surface area contributed by atoms with E-state index in [9.17, 15) is 21.6 Å². The molecule has 0 unspecified atom stereocenters. The summed E-state index contributed by atoms with van der Waals surface area (Å²) in [5.41, 5.74) is -1.03. The van der Waals surface area contributed by atoms with E-state index in [0.717, 1.165) is 0 Å². The number of ether oxygens (including phenoxy) is 1. The van der Waals surface area contributed by atoms with Crippen molar-refractivity contribution < 1.29 is 35.6 Å². The van der Waals surface area contributed by atoms with E-state index in [2.05, 4.69) is 4.72 Å². The fourth-order valence-electron chi connectivity index (χ4n) is 2.68. The van der Waals surface area contributed by atoms with Gasteiger partial charge in [-0.1, -0.05) is 0 Å².